The smallest absolute Gasteiger partial charge is 0.406 e. The van der Waals surface area contributed by atoms with E-state index in [2.05, 4.69) is 28.8 Å². The number of halogens is 3. The predicted molar refractivity (Wildman–Crippen MR) is 104 cm³/mol. The average Bonchev–Trinajstić information content (AvgIpc) is 3.10. The molecule has 3 unspecified atom stereocenters. The molecule has 1 aliphatic heterocycles. The van der Waals surface area contributed by atoms with Crippen LogP contribution in [0.15, 0.2) is 24.3 Å². The third-order valence-electron chi connectivity index (χ3n) is 6.29. The zero-order valence-corrected chi connectivity index (χ0v) is 17.2. The molecule has 8 heteroatoms. The van der Waals surface area contributed by atoms with Crippen LogP contribution in [0.5, 0.6) is 5.75 Å². The number of nitrogens with one attached hydrogen (secondary N) is 1. The summed E-state index contributed by atoms with van der Waals surface area (Å²) < 4.78 is 40.9. The van der Waals surface area contributed by atoms with Gasteiger partial charge >= 0.3 is 6.36 Å². The van der Waals surface area contributed by atoms with Crippen LogP contribution in [0.4, 0.5) is 13.2 Å². The quantitative estimate of drug-likeness (QED) is 0.676. The van der Waals surface area contributed by atoms with E-state index in [-0.39, 0.29) is 17.7 Å². The lowest BCUT2D eigenvalue weighted by molar-refractivity contribution is -0.274. The van der Waals surface area contributed by atoms with E-state index < -0.39 is 6.36 Å². The number of rotatable bonds is 9. The first-order valence-electron chi connectivity index (χ1n) is 10.2. The molecule has 1 saturated carbocycles. The van der Waals surface area contributed by atoms with Gasteiger partial charge in [0.25, 0.3) is 0 Å². The minimum absolute atomic E-state index is 0.177. The first-order valence-corrected chi connectivity index (χ1v) is 10.2. The van der Waals surface area contributed by atoms with Crippen LogP contribution in [0, 0.1) is 17.8 Å². The minimum Gasteiger partial charge on any atom is -0.406 e. The van der Waals surface area contributed by atoms with Gasteiger partial charge in [0.15, 0.2) is 0 Å². The average molecular weight is 413 g/mol. The fourth-order valence-corrected chi connectivity index (χ4v) is 4.23. The van der Waals surface area contributed by atoms with Crippen LogP contribution in [-0.4, -0.2) is 61.3 Å². The third kappa shape index (κ3) is 5.85. The van der Waals surface area contributed by atoms with Crippen molar-refractivity contribution in [2.24, 2.45) is 17.8 Å². The number of hydrogen-bond acceptors (Lipinski definition) is 4. The Hall–Kier alpha value is -1.80. The zero-order valence-electron chi connectivity index (χ0n) is 17.2. The van der Waals surface area contributed by atoms with Crippen molar-refractivity contribution in [2.75, 3.05) is 33.2 Å². The zero-order chi connectivity index (χ0) is 21.2. The number of alkyl halides is 3. The van der Waals surface area contributed by atoms with E-state index >= 15 is 0 Å². The molecule has 1 aromatic carbocycles. The maximum absolute atomic E-state index is 12.3. The van der Waals surface area contributed by atoms with Gasteiger partial charge < -0.3 is 15.0 Å². The number of carbonyl (C=O) groups is 1. The number of benzene rings is 1. The lowest BCUT2D eigenvalue weighted by Gasteiger charge is -2.27. The fraction of sp³-hybridized carbons (Fsp3) is 0.667. The van der Waals surface area contributed by atoms with Gasteiger partial charge in [-0.05, 0) is 55.3 Å². The molecule has 1 aliphatic carbocycles. The summed E-state index contributed by atoms with van der Waals surface area (Å²) >= 11 is 0. The van der Waals surface area contributed by atoms with Crippen molar-refractivity contribution in [3.8, 4) is 5.75 Å². The summed E-state index contributed by atoms with van der Waals surface area (Å²) in [5.41, 5.74) is 0.762. The Kier molecular flexibility index (Phi) is 6.73. The Labute approximate surface area is 170 Å². The molecule has 1 heterocycles. The molecule has 5 nitrogen and oxygen atoms in total. The molecule has 2 aliphatic rings. The molecule has 0 bridgehead atoms. The molecule has 0 aromatic heterocycles. The number of hydrogen-bond donors (Lipinski definition) is 1. The first-order chi connectivity index (χ1) is 13.7. The molecule has 162 valence electrons. The highest BCUT2D eigenvalue weighted by Crippen LogP contribution is 2.51. The van der Waals surface area contributed by atoms with Crippen LogP contribution in [0.25, 0.3) is 0 Å². The van der Waals surface area contributed by atoms with Crippen LogP contribution in [0.3, 0.4) is 0 Å². The second-order valence-electron chi connectivity index (χ2n) is 8.27. The van der Waals surface area contributed by atoms with E-state index in [0.29, 0.717) is 30.8 Å². The van der Waals surface area contributed by atoms with E-state index in [0.717, 1.165) is 31.6 Å². The van der Waals surface area contributed by atoms with Crippen molar-refractivity contribution in [2.45, 2.75) is 39.2 Å². The SMILES string of the molecule is CCC(C)N(C)C(=O)CN1CC2C(CNCc3cccc(OC(F)(F)F)c3)C2C1. The van der Waals surface area contributed by atoms with Gasteiger partial charge in [0, 0.05) is 32.7 Å². The number of nitrogens with zero attached hydrogens (tertiary/aromatic N) is 2. The van der Waals surface area contributed by atoms with Gasteiger partial charge in [0.05, 0.1) is 6.54 Å². The molecule has 3 atom stereocenters. The topological polar surface area (TPSA) is 44.8 Å². The normalized spacial score (nSPS) is 24.8. The molecule has 0 spiro atoms. The summed E-state index contributed by atoms with van der Waals surface area (Å²) in [7, 11) is 1.87. The lowest BCUT2D eigenvalue weighted by atomic mass is 10.2. The van der Waals surface area contributed by atoms with E-state index in [4.69, 9.17) is 0 Å². The first kappa shape index (κ1) is 21.9. The molecule has 29 heavy (non-hydrogen) atoms. The second-order valence-corrected chi connectivity index (χ2v) is 8.27. The predicted octanol–water partition coefficient (Wildman–Crippen LogP) is 3.11. The minimum atomic E-state index is -4.67. The van der Waals surface area contributed by atoms with Crippen molar-refractivity contribution in [3.63, 3.8) is 0 Å². The maximum Gasteiger partial charge on any atom is 0.573 e. The van der Waals surface area contributed by atoms with Crippen molar-refractivity contribution in [1.29, 1.82) is 0 Å². The molecule has 3 rings (SSSR count). The summed E-state index contributed by atoms with van der Waals surface area (Å²) in [6.45, 7) is 7.88. The molecular formula is C21H30F3N3O2. The number of likely N-dealkylation sites (tertiary alicyclic amines) is 1. The number of fused-ring (bicyclic) bond motifs is 1. The van der Waals surface area contributed by atoms with Gasteiger partial charge in [0.1, 0.15) is 5.75 Å². The summed E-state index contributed by atoms with van der Waals surface area (Å²) in [6.07, 6.45) is -3.72. The second kappa shape index (κ2) is 8.92. The van der Waals surface area contributed by atoms with E-state index in [1.165, 1.54) is 12.1 Å². The number of carbonyl (C=O) groups excluding carboxylic acids is 1. The van der Waals surface area contributed by atoms with Gasteiger partial charge in [-0.1, -0.05) is 19.1 Å². The molecule has 1 amide bonds. The highest BCUT2D eigenvalue weighted by atomic mass is 19.4. The van der Waals surface area contributed by atoms with Crippen LogP contribution in [0.1, 0.15) is 25.8 Å². The summed E-state index contributed by atoms with van der Waals surface area (Å²) in [4.78, 5) is 16.4. The van der Waals surface area contributed by atoms with Crippen LogP contribution < -0.4 is 10.1 Å². The highest BCUT2D eigenvalue weighted by molar-refractivity contribution is 5.78. The molecule has 1 saturated heterocycles. The summed E-state index contributed by atoms with van der Waals surface area (Å²) in [6, 6.07) is 6.32. The number of likely N-dealkylation sites (N-methyl/N-ethyl adjacent to an activating group) is 1. The summed E-state index contributed by atoms with van der Waals surface area (Å²) in [5.74, 6) is 1.80. The van der Waals surface area contributed by atoms with E-state index in [1.807, 2.05) is 11.9 Å². The Morgan fingerprint density at radius 3 is 2.66 bits per heavy atom. The van der Waals surface area contributed by atoms with Crippen molar-refractivity contribution in [3.05, 3.63) is 29.8 Å². The Morgan fingerprint density at radius 1 is 1.34 bits per heavy atom. The van der Waals surface area contributed by atoms with E-state index in [1.54, 1.807) is 12.1 Å². The molecule has 2 fully saturated rings. The van der Waals surface area contributed by atoms with Gasteiger partial charge in [-0.2, -0.15) is 0 Å². The largest absolute Gasteiger partial charge is 0.573 e. The Bertz CT molecular complexity index is 701. The molecular weight excluding hydrogens is 383 g/mol. The van der Waals surface area contributed by atoms with Crippen molar-refractivity contribution >= 4 is 5.91 Å². The molecule has 1 N–H and O–H groups in total. The Morgan fingerprint density at radius 2 is 2.03 bits per heavy atom. The monoisotopic (exact) mass is 413 g/mol. The Balaban J connectivity index is 1.36. The maximum atomic E-state index is 12.3. The third-order valence-corrected chi connectivity index (χ3v) is 6.29. The number of amides is 1. The highest BCUT2D eigenvalue weighted by Gasteiger charge is 2.55. The van der Waals surface area contributed by atoms with Gasteiger partial charge in [0.2, 0.25) is 5.91 Å². The van der Waals surface area contributed by atoms with Crippen molar-refractivity contribution < 1.29 is 22.7 Å². The standard InChI is InChI=1S/C21H30F3N3O2/c1-4-14(2)26(3)20(28)13-27-11-18-17(19(18)12-27)10-25-9-15-6-5-7-16(8-15)29-21(22,23)24/h5-8,14,17-19,25H,4,9-13H2,1-3H3. The summed E-state index contributed by atoms with van der Waals surface area (Å²) in [5, 5.41) is 3.35. The van der Waals surface area contributed by atoms with Gasteiger partial charge in [-0.15, -0.1) is 13.2 Å². The lowest BCUT2D eigenvalue weighted by Crippen LogP contribution is -2.42. The van der Waals surface area contributed by atoms with E-state index in [9.17, 15) is 18.0 Å². The van der Waals surface area contributed by atoms with Gasteiger partial charge in [-0.3, -0.25) is 9.69 Å². The van der Waals surface area contributed by atoms with Crippen LogP contribution >= 0.6 is 0 Å². The fourth-order valence-electron chi connectivity index (χ4n) is 4.23. The number of ether oxygens (including phenoxy) is 1. The van der Waals surface area contributed by atoms with Crippen LogP contribution in [-0.2, 0) is 11.3 Å². The van der Waals surface area contributed by atoms with Gasteiger partial charge in [-0.25, -0.2) is 0 Å². The number of piperidine rings is 1. The molecule has 0 radical (unpaired) electrons. The van der Waals surface area contributed by atoms with Crippen LogP contribution in [0.2, 0.25) is 0 Å². The molecule has 1 aromatic rings. The van der Waals surface area contributed by atoms with Crippen molar-refractivity contribution in [1.82, 2.24) is 15.1 Å².